The van der Waals surface area contributed by atoms with Gasteiger partial charge in [0.25, 0.3) is 0 Å². The van der Waals surface area contributed by atoms with Crippen LogP contribution < -0.4 is 15.4 Å². The van der Waals surface area contributed by atoms with Crippen molar-refractivity contribution < 1.29 is 22.7 Å². The van der Waals surface area contributed by atoms with Gasteiger partial charge in [-0.15, -0.1) is 16.4 Å². The van der Waals surface area contributed by atoms with Crippen LogP contribution in [0.4, 0.5) is 28.8 Å². The van der Waals surface area contributed by atoms with Crippen LogP contribution in [0.1, 0.15) is 37.7 Å². The lowest BCUT2D eigenvalue weighted by Crippen LogP contribution is -2.57. The Morgan fingerprint density at radius 3 is 2.69 bits per heavy atom. The van der Waals surface area contributed by atoms with E-state index < -0.39 is 23.3 Å². The first kappa shape index (κ1) is 33.4. The lowest BCUT2D eigenvalue weighted by molar-refractivity contribution is 0.107. The largest absolute Gasteiger partial charge is 0.461 e. The number of ether oxygens (including phenoxy) is 1. The highest BCUT2D eigenvalue weighted by Crippen LogP contribution is 2.47. The van der Waals surface area contributed by atoms with Gasteiger partial charge in [-0.3, -0.25) is 4.90 Å². The molecule has 2 aromatic carbocycles. The molecule has 4 atom stereocenters. The predicted molar refractivity (Wildman–Crippen MR) is 190 cm³/mol. The first-order valence-corrected chi connectivity index (χ1v) is 18.4. The van der Waals surface area contributed by atoms with Crippen molar-refractivity contribution in [3.63, 3.8) is 0 Å². The molecule has 0 saturated carbocycles. The second-order valence-corrected chi connectivity index (χ2v) is 15.6. The number of fused-ring (bicyclic) bond motifs is 5. The van der Waals surface area contributed by atoms with Crippen molar-refractivity contribution in [3.05, 3.63) is 52.0 Å². The number of nitriles is 1. The van der Waals surface area contributed by atoms with Gasteiger partial charge in [0.2, 0.25) is 5.28 Å². The highest BCUT2D eigenvalue weighted by Gasteiger charge is 2.50. The van der Waals surface area contributed by atoms with Crippen LogP contribution in [0.25, 0.3) is 32.1 Å². The summed E-state index contributed by atoms with van der Waals surface area (Å²) in [6, 6.07) is 5.25. The minimum atomic E-state index is -0.973. The van der Waals surface area contributed by atoms with E-state index in [0.717, 1.165) is 48.2 Å². The number of piperazine rings is 1. The number of thiophene rings is 1. The van der Waals surface area contributed by atoms with E-state index in [1.54, 1.807) is 11.0 Å². The number of anilines is 2. The van der Waals surface area contributed by atoms with E-state index in [1.807, 2.05) is 11.0 Å². The minimum Gasteiger partial charge on any atom is -0.461 e. The Bertz CT molecular complexity index is 2340. The summed E-state index contributed by atoms with van der Waals surface area (Å²) in [5.41, 5.74) is 5.60. The normalized spacial score (nSPS) is 24.3. The molecule has 0 radical (unpaired) electrons. The molecule has 2 unspecified atom stereocenters. The molecule has 4 fully saturated rings. The second-order valence-electron chi connectivity index (χ2n) is 13.8. The van der Waals surface area contributed by atoms with Crippen LogP contribution in [0.15, 0.2) is 24.5 Å². The molecule has 2 N–H and O–H groups in total. The summed E-state index contributed by atoms with van der Waals surface area (Å²) in [5, 5.41) is 14.4. The second kappa shape index (κ2) is 12.3. The number of carbonyl (C=O) groups is 1. The lowest BCUT2D eigenvalue weighted by atomic mass is 9.95. The van der Waals surface area contributed by atoms with Gasteiger partial charge in [0.1, 0.15) is 47.3 Å². The molecular weight excluding hydrogens is 740 g/mol. The van der Waals surface area contributed by atoms with Gasteiger partial charge in [0.05, 0.1) is 32.9 Å². The molecule has 3 aromatic heterocycles. The Labute approximate surface area is 308 Å². The quantitative estimate of drug-likeness (QED) is 0.213. The fourth-order valence-corrected chi connectivity index (χ4v) is 10.1. The predicted octanol–water partition coefficient (Wildman–Crippen LogP) is 6.42. The number of nitrogens with two attached hydrogens (primary N) is 1. The summed E-state index contributed by atoms with van der Waals surface area (Å²) in [6.45, 7) is 1.93. The molecule has 4 saturated heterocycles. The van der Waals surface area contributed by atoms with Gasteiger partial charge in [-0.05, 0) is 61.5 Å². The van der Waals surface area contributed by atoms with E-state index in [2.05, 4.69) is 20.0 Å². The number of alkyl halides is 1. The number of nitrogens with zero attached hydrogens (tertiary/aromatic N) is 9. The molecule has 2 bridgehead atoms. The van der Waals surface area contributed by atoms with Crippen molar-refractivity contribution in [3.8, 4) is 23.2 Å². The van der Waals surface area contributed by atoms with Crippen molar-refractivity contribution >= 4 is 72.4 Å². The summed E-state index contributed by atoms with van der Waals surface area (Å²) >= 11 is 13.7. The van der Waals surface area contributed by atoms with Crippen LogP contribution in [0.3, 0.4) is 0 Å². The lowest BCUT2D eigenvalue weighted by Gasteiger charge is -2.41. The highest BCUT2D eigenvalue weighted by molar-refractivity contribution is 7.23. The third kappa shape index (κ3) is 5.15. The molecule has 18 heteroatoms. The van der Waals surface area contributed by atoms with Crippen molar-refractivity contribution in [2.45, 2.75) is 55.9 Å². The van der Waals surface area contributed by atoms with E-state index >= 15 is 4.39 Å². The maximum Gasteiger partial charge on any atom is 0.346 e. The van der Waals surface area contributed by atoms with Crippen molar-refractivity contribution in [2.24, 2.45) is 0 Å². The number of hydrogen-bond acceptors (Lipinski definition) is 11. The van der Waals surface area contributed by atoms with Crippen LogP contribution in [0.5, 0.6) is 6.01 Å². The van der Waals surface area contributed by atoms with Gasteiger partial charge in [-0.25, -0.2) is 22.9 Å². The van der Waals surface area contributed by atoms with Gasteiger partial charge < -0.3 is 20.3 Å². The molecule has 1 amide bonds. The standard InChI is InChI=1S/C34H29Cl2F3N10O2S/c35-22-8-20-27(26(39)25(22)19-4-5-23(38)28-24(19)21(10-40)29(41)52-28)43-32(51-14-34-6-1-7-47(34)11-16(37)9-34)44-30(20)46-12-17-2-3-18(13-46)49(17)33(50)48-15-42-31(36)45-48/h4-5,8,15-18H,1-3,6-7,9,11-14,41H2/t16-,17?,18?,34+/m1/s1. The summed E-state index contributed by atoms with van der Waals surface area (Å²) < 4.78 is 54.2. The summed E-state index contributed by atoms with van der Waals surface area (Å²) in [4.78, 5) is 32.6. The average Bonchev–Trinajstić information content (AvgIpc) is 3.92. The topological polar surface area (TPSA) is 142 Å². The molecule has 4 aliphatic rings. The van der Waals surface area contributed by atoms with Gasteiger partial charge >= 0.3 is 12.0 Å². The zero-order chi connectivity index (χ0) is 36.1. The Morgan fingerprint density at radius 1 is 1.17 bits per heavy atom. The number of benzene rings is 2. The van der Waals surface area contributed by atoms with Gasteiger partial charge in [-0.2, -0.15) is 19.9 Å². The van der Waals surface area contributed by atoms with Gasteiger partial charge in [-0.1, -0.05) is 17.7 Å². The number of carbonyl (C=O) groups excluding carboxylic acids is 1. The molecular formula is C34H29Cl2F3N10O2S. The minimum absolute atomic E-state index is 0.00892. The van der Waals surface area contributed by atoms with Gasteiger partial charge in [0.15, 0.2) is 5.82 Å². The number of amides is 1. The Hall–Kier alpha value is -4.43. The monoisotopic (exact) mass is 768 g/mol. The first-order chi connectivity index (χ1) is 25.0. The number of halogens is 5. The molecule has 9 rings (SSSR count). The zero-order valence-corrected chi connectivity index (χ0v) is 29.7. The Balaban J connectivity index is 1.16. The van der Waals surface area contributed by atoms with E-state index in [-0.39, 0.29) is 78.3 Å². The van der Waals surface area contributed by atoms with Crippen molar-refractivity contribution in [1.29, 1.82) is 5.26 Å². The van der Waals surface area contributed by atoms with E-state index in [9.17, 15) is 18.8 Å². The van der Waals surface area contributed by atoms with E-state index in [1.165, 1.54) is 18.5 Å². The maximum absolute atomic E-state index is 17.2. The summed E-state index contributed by atoms with van der Waals surface area (Å²) in [5.74, 6) is -1.06. The van der Waals surface area contributed by atoms with Crippen LogP contribution in [0.2, 0.25) is 10.3 Å². The van der Waals surface area contributed by atoms with Gasteiger partial charge in [0, 0.05) is 42.4 Å². The third-order valence-electron chi connectivity index (χ3n) is 10.9. The van der Waals surface area contributed by atoms with Crippen molar-refractivity contribution in [2.75, 3.05) is 43.4 Å². The van der Waals surface area contributed by atoms with Crippen molar-refractivity contribution in [1.82, 2.24) is 34.5 Å². The first-order valence-electron chi connectivity index (χ1n) is 16.8. The fourth-order valence-electron chi connectivity index (χ4n) is 8.71. The van der Waals surface area contributed by atoms with E-state index in [0.29, 0.717) is 37.3 Å². The molecule has 12 nitrogen and oxygen atoms in total. The fraction of sp³-hybridized carbons (Fsp3) is 0.412. The van der Waals surface area contributed by atoms with Crippen LogP contribution in [-0.2, 0) is 0 Å². The number of aromatic nitrogens is 5. The average molecular weight is 770 g/mol. The summed E-state index contributed by atoms with van der Waals surface area (Å²) in [6.07, 6.45) is 3.73. The molecule has 0 spiro atoms. The summed E-state index contributed by atoms with van der Waals surface area (Å²) in [7, 11) is 0. The van der Waals surface area contributed by atoms with Crippen LogP contribution >= 0.6 is 34.5 Å². The van der Waals surface area contributed by atoms with Crippen LogP contribution in [-0.4, -0.2) is 97.1 Å². The highest BCUT2D eigenvalue weighted by atomic mass is 35.5. The zero-order valence-electron chi connectivity index (χ0n) is 27.3. The molecule has 4 aliphatic heterocycles. The molecule has 7 heterocycles. The smallest absolute Gasteiger partial charge is 0.346 e. The Morgan fingerprint density at radius 2 is 1.96 bits per heavy atom. The number of rotatable bonds is 5. The molecule has 0 aliphatic carbocycles. The van der Waals surface area contributed by atoms with Crippen LogP contribution in [0, 0.1) is 23.0 Å². The van der Waals surface area contributed by atoms with E-state index in [4.69, 9.17) is 38.7 Å². The molecule has 268 valence electrons. The molecule has 5 aromatic rings. The Kier molecular flexibility index (Phi) is 7.92. The number of nitrogen functional groups attached to an aromatic ring is 1. The maximum atomic E-state index is 17.2. The molecule has 52 heavy (non-hydrogen) atoms. The SMILES string of the molecule is N#Cc1c(N)sc2c(F)ccc(-c3c(Cl)cc4c(N5CC6CCC(C5)N6C(=O)n5cnc(Cl)n5)nc(OC[C@@]56CCCN5C[C@H](F)C6)nc4c3F)c12. The number of hydrogen-bond donors (Lipinski definition) is 1. The third-order valence-corrected chi connectivity index (χ3v) is 12.4.